The molecule has 0 amide bonds. The number of hydrogen-bond donors (Lipinski definition) is 0. The van der Waals surface area contributed by atoms with Crippen LogP contribution in [0.25, 0.3) is 0 Å². The molecule has 2 aromatic rings. The van der Waals surface area contributed by atoms with Crippen LogP contribution in [0, 0.1) is 30.9 Å². The largest absolute Gasteiger partial charge is 0.436 e. The molecule has 0 aliphatic carbocycles. The van der Waals surface area contributed by atoms with E-state index >= 15 is 0 Å². The summed E-state index contributed by atoms with van der Waals surface area (Å²) >= 11 is 6.67. The van der Waals surface area contributed by atoms with Crippen LogP contribution < -0.4 is 0 Å². The van der Waals surface area contributed by atoms with Crippen molar-refractivity contribution in [2.45, 2.75) is 31.0 Å². The van der Waals surface area contributed by atoms with Crippen LogP contribution >= 0.6 is 23.4 Å². The van der Waals surface area contributed by atoms with E-state index in [4.69, 9.17) is 16.0 Å². The van der Waals surface area contributed by atoms with Gasteiger partial charge in [-0.25, -0.2) is 15.0 Å². The smallest absolute Gasteiger partial charge is 0.322 e. The molecule has 0 aromatic carbocycles. The maximum absolute atomic E-state index is 11.0. The Morgan fingerprint density at radius 3 is 2.42 bits per heavy atom. The highest BCUT2D eigenvalue weighted by atomic mass is 35.5. The van der Waals surface area contributed by atoms with Crippen LogP contribution in [0.1, 0.15) is 17.1 Å². The van der Waals surface area contributed by atoms with Crippen molar-refractivity contribution in [3.63, 3.8) is 0 Å². The van der Waals surface area contributed by atoms with Crippen molar-refractivity contribution in [3.8, 4) is 0 Å². The van der Waals surface area contributed by atoms with E-state index in [2.05, 4.69) is 15.0 Å². The van der Waals surface area contributed by atoms with E-state index in [1.165, 1.54) is 6.92 Å². The quantitative estimate of drug-likeness (QED) is 0.372. The number of aryl methyl sites for hydroxylation is 3. The minimum Gasteiger partial charge on any atom is -0.436 e. The first-order valence-corrected chi connectivity index (χ1v) is 6.38. The van der Waals surface area contributed by atoms with Gasteiger partial charge in [-0.05, 0) is 44.1 Å². The molecule has 2 rings (SSSR count). The van der Waals surface area contributed by atoms with Gasteiger partial charge in [0.2, 0.25) is 5.28 Å². The normalized spacial score (nSPS) is 10.7. The van der Waals surface area contributed by atoms with Crippen molar-refractivity contribution in [1.29, 1.82) is 0 Å². The van der Waals surface area contributed by atoms with Gasteiger partial charge in [-0.2, -0.15) is 0 Å². The molecule has 0 saturated carbocycles. The Bertz CT molecular complexity index is 639. The zero-order valence-electron chi connectivity index (χ0n) is 10.3. The number of rotatable bonds is 3. The van der Waals surface area contributed by atoms with Crippen LogP contribution in [0.4, 0.5) is 5.69 Å². The van der Waals surface area contributed by atoms with Crippen molar-refractivity contribution >= 4 is 29.1 Å². The van der Waals surface area contributed by atoms with Gasteiger partial charge in [0, 0.05) is 0 Å². The minimum atomic E-state index is -0.545. The van der Waals surface area contributed by atoms with Gasteiger partial charge in [-0.15, -0.1) is 0 Å². The van der Waals surface area contributed by atoms with Crippen LogP contribution in [-0.2, 0) is 0 Å². The monoisotopic (exact) mass is 300 g/mol. The predicted molar refractivity (Wildman–Crippen MR) is 68.5 cm³/mol. The van der Waals surface area contributed by atoms with Gasteiger partial charge in [0.05, 0.1) is 10.6 Å². The zero-order valence-corrected chi connectivity index (χ0v) is 11.9. The van der Waals surface area contributed by atoms with E-state index in [1.54, 1.807) is 13.8 Å². The summed E-state index contributed by atoms with van der Waals surface area (Å²) in [7, 11) is 0. The molecule has 2 heterocycles. The Labute approximate surface area is 117 Å². The third kappa shape index (κ3) is 2.85. The maximum atomic E-state index is 11.0. The average molecular weight is 301 g/mol. The van der Waals surface area contributed by atoms with Crippen molar-refractivity contribution in [2.75, 3.05) is 0 Å². The second-order valence-corrected chi connectivity index (χ2v) is 4.99. The summed E-state index contributed by atoms with van der Waals surface area (Å²) in [5, 5.41) is 11.4. The molecule has 0 radical (unpaired) electrons. The first-order valence-electron chi connectivity index (χ1n) is 5.19. The fraction of sp³-hybridized carbons (Fsp3) is 0.300. The molecule has 0 aliphatic heterocycles. The fourth-order valence-electron chi connectivity index (χ4n) is 1.36. The van der Waals surface area contributed by atoms with Gasteiger partial charge in [0.1, 0.15) is 11.5 Å². The van der Waals surface area contributed by atoms with Crippen molar-refractivity contribution in [1.82, 2.24) is 15.0 Å². The van der Waals surface area contributed by atoms with Gasteiger partial charge in [-0.3, -0.25) is 10.1 Å². The lowest BCUT2D eigenvalue weighted by molar-refractivity contribution is -0.389. The van der Waals surface area contributed by atoms with E-state index in [9.17, 15) is 10.1 Å². The summed E-state index contributed by atoms with van der Waals surface area (Å²) in [5.74, 6) is 0.655. The molecule has 0 aliphatic rings. The van der Waals surface area contributed by atoms with E-state index in [1.807, 2.05) is 0 Å². The van der Waals surface area contributed by atoms with E-state index in [0.29, 0.717) is 5.76 Å². The standard InChI is InChI=1S/C10H9ClN4O3S/c1-4-6(3)18-10(13-4)19-8-7(15(16)17)5(2)12-9(11)14-8/h1-3H3. The Morgan fingerprint density at radius 1 is 1.21 bits per heavy atom. The van der Waals surface area contributed by atoms with E-state index < -0.39 is 4.92 Å². The highest BCUT2D eigenvalue weighted by Gasteiger charge is 2.24. The first kappa shape index (κ1) is 13.8. The lowest BCUT2D eigenvalue weighted by atomic mass is 10.4. The zero-order chi connectivity index (χ0) is 14.2. The summed E-state index contributed by atoms with van der Waals surface area (Å²) in [6.45, 7) is 5.05. The molecule has 0 atom stereocenters. The number of halogens is 1. The van der Waals surface area contributed by atoms with Crippen molar-refractivity contribution in [3.05, 3.63) is 32.5 Å². The molecule has 0 spiro atoms. The molecule has 7 nitrogen and oxygen atoms in total. The number of aromatic nitrogens is 3. The third-order valence-corrected chi connectivity index (χ3v) is 3.37. The second-order valence-electron chi connectivity index (χ2n) is 3.71. The van der Waals surface area contributed by atoms with Crippen LogP contribution in [0.3, 0.4) is 0 Å². The second kappa shape index (κ2) is 5.14. The number of hydrogen-bond acceptors (Lipinski definition) is 7. The molecule has 0 fully saturated rings. The number of oxazole rings is 1. The van der Waals surface area contributed by atoms with Gasteiger partial charge < -0.3 is 4.42 Å². The topological polar surface area (TPSA) is 95.0 Å². The minimum absolute atomic E-state index is 0.0504. The molecule has 0 unspecified atom stereocenters. The van der Waals surface area contributed by atoms with E-state index in [-0.39, 0.29) is 26.9 Å². The van der Waals surface area contributed by atoms with E-state index in [0.717, 1.165) is 17.5 Å². The average Bonchev–Trinajstić information content (AvgIpc) is 2.55. The molecule has 9 heteroatoms. The number of nitrogens with zero attached hydrogens (tertiary/aromatic N) is 4. The summed E-state index contributed by atoms with van der Waals surface area (Å²) in [4.78, 5) is 22.3. The Balaban J connectivity index is 2.46. The molecular weight excluding hydrogens is 292 g/mol. The van der Waals surface area contributed by atoms with Crippen molar-refractivity contribution in [2.24, 2.45) is 0 Å². The van der Waals surface area contributed by atoms with Gasteiger partial charge >= 0.3 is 5.69 Å². The van der Waals surface area contributed by atoms with Crippen molar-refractivity contribution < 1.29 is 9.34 Å². The first-order chi connectivity index (χ1) is 8.88. The summed E-state index contributed by atoms with van der Waals surface area (Å²) in [6.07, 6.45) is 0. The third-order valence-electron chi connectivity index (χ3n) is 2.37. The summed E-state index contributed by atoms with van der Waals surface area (Å²) in [6, 6.07) is 0. The van der Waals surface area contributed by atoms with Crippen LogP contribution in [-0.4, -0.2) is 19.9 Å². The molecule has 0 saturated heterocycles. The predicted octanol–water partition coefficient (Wildman–Crippen LogP) is 3.10. The highest BCUT2D eigenvalue weighted by Crippen LogP contribution is 2.35. The molecule has 100 valence electrons. The lowest BCUT2D eigenvalue weighted by Gasteiger charge is -2.02. The fourth-order valence-corrected chi connectivity index (χ4v) is 2.59. The number of nitro groups is 1. The van der Waals surface area contributed by atoms with Gasteiger partial charge in [0.25, 0.3) is 5.22 Å². The van der Waals surface area contributed by atoms with Crippen LogP contribution in [0.15, 0.2) is 14.7 Å². The Kier molecular flexibility index (Phi) is 3.72. The molecule has 19 heavy (non-hydrogen) atoms. The Morgan fingerprint density at radius 2 is 1.89 bits per heavy atom. The van der Waals surface area contributed by atoms with Gasteiger partial charge in [0.15, 0.2) is 5.03 Å². The lowest BCUT2D eigenvalue weighted by Crippen LogP contribution is -2.00. The van der Waals surface area contributed by atoms with Crippen LogP contribution in [0.5, 0.6) is 0 Å². The SMILES string of the molecule is Cc1nc(Sc2nc(Cl)nc(C)c2[N+](=O)[O-])oc1C. The maximum Gasteiger partial charge on any atom is 0.322 e. The van der Waals surface area contributed by atoms with Gasteiger partial charge in [-0.1, -0.05) is 0 Å². The molecule has 0 N–H and O–H groups in total. The Hall–Kier alpha value is -1.67. The highest BCUT2D eigenvalue weighted by molar-refractivity contribution is 7.99. The molecular formula is C10H9ClN4O3S. The molecule has 0 bridgehead atoms. The molecule has 2 aromatic heterocycles. The van der Waals surface area contributed by atoms with Crippen LogP contribution in [0.2, 0.25) is 5.28 Å². The summed E-state index contributed by atoms with van der Waals surface area (Å²) in [5.41, 5.74) is 0.734. The summed E-state index contributed by atoms with van der Waals surface area (Å²) < 4.78 is 5.36.